The zero-order valence-corrected chi connectivity index (χ0v) is 12.4. The predicted octanol–water partition coefficient (Wildman–Crippen LogP) is 4.10. The first-order chi connectivity index (χ1) is 9.99. The number of carbonyl (C=O) groups is 1. The Labute approximate surface area is 127 Å². The lowest BCUT2D eigenvalue weighted by Gasteiger charge is -2.05. The van der Waals surface area contributed by atoms with Gasteiger partial charge in [-0.25, -0.2) is 0 Å². The fraction of sp³-hybridized carbons (Fsp3) is 0.125. The standard InChI is InChI=1S/C16H13ClN2O2/c1-10-3-5-13(8-15(10)17)19-16(20)12(9-18)7-14-6-4-11(2)21-14/h3-8H,1-2H3,(H,19,20)/b12-7-. The molecule has 21 heavy (non-hydrogen) atoms. The van der Waals surface area contributed by atoms with Crippen molar-refractivity contribution in [2.24, 2.45) is 0 Å². The Bertz CT molecular complexity index is 754. The van der Waals surface area contributed by atoms with E-state index in [0.29, 0.717) is 22.2 Å². The largest absolute Gasteiger partial charge is 0.462 e. The second-order valence-corrected chi connectivity index (χ2v) is 4.94. The molecule has 0 radical (unpaired) electrons. The summed E-state index contributed by atoms with van der Waals surface area (Å²) in [5, 5.41) is 12.3. The number of nitrogens with zero attached hydrogens (tertiary/aromatic N) is 1. The van der Waals surface area contributed by atoms with Gasteiger partial charge in [-0.2, -0.15) is 5.26 Å². The monoisotopic (exact) mass is 300 g/mol. The molecule has 0 unspecified atom stereocenters. The van der Waals surface area contributed by atoms with Crippen LogP contribution in [0.3, 0.4) is 0 Å². The van der Waals surface area contributed by atoms with Gasteiger partial charge in [0.25, 0.3) is 5.91 Å². The van der Waals surface area contributed by atoms with E-state index < -0.39 is 5.91 Å². The summed E-state index contributed by atoms with van der Waals surface area (Å²) in [5.74, 6) is 0.664. The highest BCUT2D eigenvalue weighted by Crippen LogP contribution is 2.20. The number of nitriles is 1. The number of rotatable bonds is 3. The Kier molecular flexibility index (Phi) is 4.46. The van der Waals surface area contributed by atoms with Gasteiger partial charge in [-0.05, 0) is 43.7 Å². The van der Waals surface area contributed by atoms with E-state index >= 15 is 0 Å². The van der Waals surface area contributed by atoms with Crippen molar-refractivity contribution in [1.29, 1.82) is 5.26 Å². The molecule has 0 spiro atoms. The van der Waals surface area contributed by atoms with Gasteiger partial charge >= 0.3 is 0 Å². The van der Waals surface area contributed by atoms with Crippen molar-refractivity contribution in [3.8, 4) is 6.07 Å². The third-order valence-corrected chi connectivity index (χ3v) is 3.25. The Balaban J connectivity index is 2.19. The molecule has 4 nitrogen and oxygen atoms in total. The Morgan fingerprint density at radius 3 is 2.67 bits per heavy atom. The molecule has 5 heteroatoms. The molecule has 0 saturated heterocycles. The van der Waals surface area contributed by atoms with Crippen LogP contribution in [-0.2, 0) is 4.79 Å². The summed E-state index contributed by atoms with van der Waals surface area (Å²) in [5.41, 5.74) is 1.41. The van der Waals surface area contributed by atoms with Gasteiger partial charge in [-0.3, -0.25) is 4.79 Å². The normalized spacial score (nSPS) is 11.0. The van der Waals surface area contributed by atoms with Crippen molar-refractivity contribution in [1.82, 2.24) is 0 Å². The summed E-state index contributed by atoms with van der Waals surface area (Å²) < 4.78 is 5.32. The van der Waals surface area contributed by atoms with Gasteiger partial charge in [0.2, 0.25) is 0 Å². The quantitative estimate of drug-likeness (QED) is 0.685. The highest BCUT2D eigenvalue weighted by Gasteiger charge is 2.11. The van der Waals surface area contributed by atoms with Crippen molar-refractivity contribution < 1.29 is 9.21 Å². The van der Waals surface area contributed by atoms with Crippen molar-refractivity contribution >= 4 is 29.3 Å². The van der Waals surface area contributed by atoms with E-state index in [1.54, 1.807) is 37.3 Å². The van der Waals surface area contributed by atoms with Gasteiger partial charge in [-0.1, -0.05) is 17.7 Å². The molecule has 0 aliphatic heterocycles. The maximum absolute atomic E-state index is 12.1. The predicted molar refractivity (Wildman–Crippen MR) is 81.9 cm³/mol. The Hall–Kier alpha value is -2.51. The van der Waals surface area contributed by atoms with Gasteiger partial charge in [-0.15, -0.1) is 0 Å². The first-order valence-corrected chi connectivity index (χ1v) is 6.63. The molecule has 1 amide bonds. The zero-order valence-electron chi connectivity index (χ0n) is 11.6. The highest BCUT2D eigenvalue weighted by atomic mass is 35.5. The van der Waals surface area contributed by atoms with Crippen LogP contribution in [0.4, 0.5) is 5.69 Å². The number of amides is 1. The summed E-state index contributed by atoms with van der Waals surface area (Å²) >= 11 is 6.00. The fourth-order valence-electron chi connectivity index (χ4n) is 1.69. The van der Waals surface area contributed by atoms with Crippen LogP contribution in [0.25, 0.3) is 6.08 Å². The molecule has 0 atom stereocenters. The number of hydrogen-bond donors (Lipinski definition) is 1. The average molecular weight is 301 g/mol. The minimum atomic E-state index is -0.508. The maximum Gasteiger partial charge on any atom is 0.266 e. The van der Waals surface area contributed by atoms with Gasteiger partial charge in [0, 0.05) is 16.8 Å². The molecule has 1 N–H and O–H groups in total. The molecule has 0 fully saturated rings. The van der Waals surface area contributed by atoms with E-state index in [9.17, 15) is 4.79 Å². The topological polar surface area (TPSA) is 66.0 Å². The summed E-state index contributed by atoms with van der Waals surface area (Å²) in [7, 11) is 0. The number of nitrogens with one attached hydrogen (secondary N) is 1. The van der Waals surface area contributed by atoms with E-state index in [1.165, 1.54) is 6.08 Å². The summed E-state index contributed by atoms with van der Waals surface area (Å²) in [6.07, 6.45) is 1.40. The summed E-state index contributed by atoms with van der Waals surface area (Å²) in [6, 6.07) is 10.5. The molecule has 1 aromatic carbocycles. The van der Waals surface area contributed by atoms with E-state index in [-0.39, 0.29) is 5.57 Å². The first kappa shape index (κ1) is 14.9. The average Bonchev–Trinajstić information content (AvgIpc) is 2.85. The molecule has 0 bridgehead atoms. The summed E-state index contributed by atoms with van der Waals surface area (Å²) in [6.45, 7) is 3.66. The van der Waals surface area contributed by atoms with Gasteiger partial charge < -0.3 is 9.73 Å². The van der Waals surface area contributed by atoms with Crippen LogP contribution in [0.1, 0.15) is 17.1 Å². The number of carbonyl (C=O) groups excluding carboxylic acids is 1. The SMILES string of the molecule is Cc1ccc(/C=C(/C#N)C(=O)Nc2ccc(C)c(Cl)c2)o1. The molecule has 0 aliphatic rings. The molecule has 1 heterocycles. The van der Waals surface area contributed by atoms with Crippen LogP contribution in [0.5, 0.6) is 0 Å². The molecule has 1 aromatic heterocycles. The summed E-state index contributed by atoms with van der Waals surface area (Å²) in [4.78, 5) is 12.1. The van der Waals surface area contributed by atoms with Gasteiger partial charge in [0.15, 0.2) is 0 Å². The van der Waals surface area contributed by atoms with E-state index in [4.69, 9.17) is 21.3 Å². The van der Waals surface area contributed by atoms with Crippen LogP contribution in [0.15, 0.2) is 40.3 Å². The van der Waals surface area contributed by atoms with Crippen LogP contribution in [0.2, 0.25) is 5.02 Å². The lowest BCUT2D eigenvalue weighted by atomic mass is 10.2. The van der Waals surface area contributed by atoms with Crippen molar-refractivity contribution in [3.63, 3.8) is 0 Å². The Morgan fingerprint density at radius 2 is 2.10 bits per heavy atom. The number of aryl methyl sites for hydroxylation is 2. The lowest BCUT2D eigenvalue weighted by molar-refractivity contribution is -0.112. The molecular formula is C16H13ClN2O2. The third-order valence-electron chi connectivity index (χ3n) is 2.84. The van der Waals surface area contributed by atoms with Crippen LogP contribution in [0, 0.1) is 25.2 Å². The fourth-order valence-corrected chi connectivity index (χ4v) is 1.87. The van der Waals surface area contributed by atoms with Crippen molar-refractivity contribution in [2.45, 2.75) is 13.8 Å². The number of halogens is 1. The lowest BCUT2D eigenvalue weighted by Crippen LogP contribution is -2.13. The van der Waals surface area contributed by atoms with Gasteiger partial charge in [0.05, 0.1) is 0 Å². The second-order valence-electron chi connectivity index (χ2n) is 4.54. The number of hydrogen-bond acceptors (Lipinski definition) is 3. The molecule has 2 aromatic rings. The molecule has 2 rings (SSSR count). The van der Waals surface area contributed by atoms with Crippen LogP contribution in [-0.4, -0.2) is 5.91 Å². The first-order valence-electron chi connectivity index (χ1n) is 6.25. The molecule has 0 saturated carbocycles. The van der Waals surface area contributed by atoms with Crippen molar-refractivity contribution in [2.75, 3.05) is 5.32 Å². The second kappa shape index (κ2) is 6.29. The minimum Gasteiger partial charge on any atom is -0.462 e. The van der Waals surface area contributed by atoms with Crippen LogP contribution < -0.4 is 5.32 Å². The number of furan rings is 1. The maximum atomic E-state index is 12.1. The number of anilines is 1. The van der Waals surface area contributed by atoms with Crippen LogP contribution >= 0.6 is 11.6 Å². The van der Waals surface area contributed by atoms with E-state index in [0.717, 1.165) is 5.56 Å². The van der Waals surface area contributed by atoms with Gasteiger partial charge in [0.1, 0.15) is 23.2 Å². The molecule has 106 valence electrons. The Morgan fingerprint density at radius 1 is 1.33 bits per heavy atom. The van der Waals surface area contributed by atoms with Crippen molar-refractivity contribution in [3.05, 3.63) is 58.0 Å². The number of benzene rings is 1. The minimum absolute atomic E-state index is 0.0407. The smallest absolute Gasteiger partial charge is 0.266 e. The highest BCUT2D eigenvalue weighted by molar-refractivity contribution is 6.31. The zero-order chi connectivity index (χ0) is 15.4. The van der Waals surface area contributed by atoms with E-state index in [1.807, 2.05) is 13.0 Å². The van der Waals surface area contributed by atoms with E-state index in [2.05, 4.69) is 5.32 Å². The third kappa shape index (κ3) is 3.74. The molecule has 0 aliphatic carbocycles. The molecular weight excluding hydrogens is 288 g/mol.